The summed E-state index contributed by atoms with van der Waals surface area (Å²) in [7, 11) is 0. The fraction of sp³-hybridized carbons (Fsp3) is 0.739. The predicted molar refractivity (Wildman–Crippen MR) is 112 cm³/mol. The largest absolute Gasteiger partial charge is 0.472 e. The molecule has 3 rings (SSSR count). The van der Waals surface area contributed by atoms with Crippen molar-refractivity contribution in [1.29, 1.82) is 0 Å². The minimum atomic E-state index is -1.28. The molecule has 0 radical (unpaired) electrons. The molecule has 0 amide bonds. The summed E-state index contributed by atoms with van der Waals surface area (Å²) in [5.41, 5.74) is 0. The lowest BCUT2D eigenvalue weighted by atomic mass is 9.88. The van der Waals surface area contributed by atoms with Gasteiger partial charge in [0.05, 0.1) is 6.26 Å². The van der Waals surface area contributed by atoms with Crippen LogP contribution in [0.25, 0.3) is 0 Å². The number of esters is 4. The maximum atomic E-state index is 11.9. The minimum Gasteiger partial charge on any atom is -0.472 e. The molecule has 1 aliphatic carbocycles. The highest BCUT2D eigenvalue weighted by Gasteiger charge is 2.54. The maximum Gasteiger partial charge on any atom is 0.303 e. The molecule has 0 N–H and O–H groups in total. The Labute approximate surface area is 198 Å². The molecule has 1 unspecified atom stereocenters. The number of hydrogen-bond acceptors (Lipinski definition) is 11. The Morgan fingerprint density at radius 1 is 0.824 bits per heavy atom. The Morgan fingerprint density at radius 3 is 2.06 bits per heavy atom. The fourth-order valence-corrected chi connectivity index (χ4v) is 4.82. The van der Waals surface area contributed by atoms with E-state index in [0.29, 0.717) is 5.92 Å². The van der Waals surface area contributed by atoms with Crippen molar-refractivity contribution in [2.24, 2.45) is 17.8 Å². The fourth-order valence-electron chi connectivity index (χ4n) is 4.82. The molecule has 0 aromatic rings. The SMILES string of the molecule is CC(=O)OC[C@H]1OC(O[C@@H]2OC=C[C@H]3CC[C@H](C)[C@@H]23)[C@H](OC(C)=O)[C@@H](OC(C)=O)[C@@H]1OC(C)=O. The van der Waals surface area contributed by atoms with E-state index in [-0.39, 0.29) is 18.4 Å². The molecule has 9 atom stereocenters. The Hall–Kier alpha value is -2.66. The molecule has 0 bridgehead atoms. The van der Waals surface area contributed by atoms with Gasteiger partial charge in [0.15, 0.2) is 18.3 Å². The summed E-state index contributed by atoms with van der Waals surface area (Å²) in [5.74, 6) is -2.05. The van der Waals surface area contributed by atoms with Gasteiger partial charge in [-0.3, -0.25) is 19.2 Å². The Bertz CT molecular complexity index is 809. The molecule has 2 fully saturated rings. The number of carbonyl (C=O) groups is 4. The molecule has 1 saturated carbocycles. The first-order valence-corrected chi connectivity index (χ1v) is 11.3. The third-order valence-electron chi connectivity index (χ3n) is 6.18. The van der Waals surface area contributed by atoms with Gasteiger partial charge in [0.1, 0.15) is 12.7 Å². The number of allylic oxidation sites excluding steroid dienone is 1. The average molecular weight is 484 g/mol. The van der Waals surface area contributed by atoms with Crippen LogP contribution in [0.4, 0.5) is 0 Å². The van der Waals surface area contributed by atoms with Gasteiger partial charge in [-0.1, -0.05) is 6.92 Å². The van der Waals surface area contributed by atoms with Crippen LogP contribution in [0.2, 0.25) is 0 Å². The van der Waals surface area contributed by atoms with E-state index in [0.717, 1.165) is 12.8 Å². The molecule has 1 saturated heterocycles. The zero-order chi connectivity index (χ0) is 25.0. The second-order valence-electron chi connectivity index (χ2n) is 8.83. The van der Waals surface area contributed by atoms with E-state index in [1.807, 2.05) is 6.08 Å². The van der Waals surface area contributed by atoms with Crippen LogP contribution >= 0.6 is 0 Å². The molecule has 11 nitrogen and oxygen atoms in total. The van der Waals surface area contributed by atoms with Crippen molar-refractivity contribution in [1.82, 2.24) is 0 Å². The molecular formula is C23H32O11. The van der Waals surface area contributed by atoms with Crippen molar-refractivity contribution in [2.45, 2.75) is 84.5 Å². The van der Waals surface area contributed by atoms with Gasteiger partial charge in [0.2, 0.25) is 12.6 Å². The van der Waals surface area contributed by atoms with Gasteiger partial charge in [-0.05, 0) is 30.8 Å². The first-order valence-electron chi connectivity index (χ1n) is 11.3. The van der Waals surface area contributed by atoms with Gasteiger partial charge in [-0.2, -0.15) is 0 Å². The van der Waals surface area contributed by atoms with Crippen molar-refractivity contribution in [2.75, 3.05) is 6.61 Å². The zero-order valence-corrected chi connectivity index (χ0v) is 20.0. The number of rotatable bonds is 7. The van der Waals surface area contributed by atoms with Crippen LogP contribution < -0.4 is 0 Å². The number of ether oxygens (including phenoxy) is 7. The van der Waals surface area contributed by atoms with Gasteiger partial charge in [-0.25, -0.2) is 0 Å². The standard InChI is InChI=1S/C23H32O11/c1-11-6-7-16-8-9-28-22(18(11)16)34-23-21(32-15(5)27)20(31-14(4)26)19(30-13(3)25)17(33-23)10-29-12(2)24/h8-9,11,16-23H,6-7,10H2,1-5H3/t11-,16+,17+,18+,19+,20-,21+,22-,23?/m0/s1. The number of fused-ring (bicyclic) bond motifs is 1. The smallest absolute Gasteiger partial charge is 0.303 e. The second-order valence-corrected chi connectivity index (χ2v) is 8.83. The highest BCUT2D eigenvalue weighted by Crippen LogP contribution is 2.44. The normalized spacial score (nSPS) is 36.6. The molecular weight excluding hydrogens is 452 g/mol. The Kier molecular flexibility index (Phi) is 8.53. The average Bonchev–Trinajstić information content (AvgIpc) is 3.12. The summed E-state index contributed by atoms with van der Waals surface area (Å²) in [6, 6.07) is 0. The van der Waals surface area contributed by atoms with E-state index < -0.39 is 60.9 Å². The van der Waals surface area contributed by atoms with E-state index in [2.05, 4.69) is 6.92 Å². The van der Waals surface area contributed by atoms with E-state index in [9.17, 15) is 19.2 Å². The lowest BCUT2D eigenvalue weighted by Crippen LogP contribution is -2.63. The van der Waals surface area contributed by atoms with Crippen LogP contribution in [-0.4, -0.2) is 67.5 Å². The van der Waals surface area contributed by atoms with Gasteiger partial charge >= 0.3 is 23.9 Å². The number of hydrogen-bond donors (Lipinski definition) is 0. The first kappa shape index (κ1) is 26.0. The van der Waals surface area contributed by atoms with E-state index in [4.69, 9.17) is 33.2 Å². The Morgan fingerprint density at radius 2 is 1.44 bits per heavy atom. The minimum absolute atomic E-state index is 0.0388. The molecule has 0 aromatic carbocycles. The molecule has 2 heterocycles. The van der Waals surface area contributed by atoms with E-state index in [1.54, 1.807) is 6.26 Å². The summed E-state index contributed by atoms with van der Waals surface area (Å²) in [4.78, 5) is 47.1. The van der Waals surface area contributed by atoms with Crippen LogP contribution in [0.5, 0.6) is 0 Å². The molecule has 190 valence electrons. The summed E-state index contributed by atoms with van der Waals surface area (Å²) in [5, 5.41) is 0. The zero-order valence-electron chi connectivity index (χ0n) is 20.0. The van der Waals surface area contributed by atoms with Gasteiger partial charge in [0, 0.05) is 33.6 Å². The molecule has 0 spiro atoms. The van der Waals surface area contributed by atoms with Crippen LogP contribution in [0, 0.1) is 17.8 Å². The molecule has 2 aliphatic heterocycles. The lowest BCUT2D eigenvalue weighted by Gasteiger charge is -2.45. The van der Waals surface area contributed by atoms with Crippen molar-refractivity contribution in [3.63, 3.8) is 0 Å². The van der Waals surface area contributed by atoms with E-state index >= 15 is 0 Å². The third-order valence-corrected chi connectivity index (χ3v) is 6.18. The first-order chi connectivity index (χ1) is 16.1. The van der Waals surface area contributed by atoms with Crippen LogP contribution in [0.1, 0.15) is 47.5 Å². The quantitative estimate of drug-likeness (QED) is 0.385. The summed E-state index contributed by atoms with van der Waals surface area (Å²) in [6.45, 7) is 6.53. The van der Waals surface area contributed by atoms with Gasteiger partial charge in [-0.15, -0.1) is 0 Å². The summed E-state index contributed by atoms with van der Waals surface area (Å²) in [6.07, 6.45) is -1.24. The lowest BCUT2D eigenvalue weighted by molar-refractivity contribution is -0.344. The molecule has 3 aliphatic rings. The summed E-state index contributed by atoms with van der Waals surface area (Å²) >= 11 is 0. The van der Waals surface area contributed by atoms with Gasteiger partial charge < -0.3 is 33.2 Å². The monoisotopic (exact) mass is 484 g/mol. The topological polar surface area (TPSA) is 133 Å². The Balaban J connectivity index is 1.93. The molecule has 0 aromatic heterocycles. The van der Waals surface area contributed by atoms with Crippen molar-refractivity contribution in [3.8, 4) is 0 Å². The highest BCUT2D eigenvalue weighted by molar-refractivity contribution is 5.68. The second kappa shape index (κ2) is 11.2. The molecule has 34 heavy (non-hydrogen) atoms. The number of carbonyl (C=O) groups excluding carboxylic acids is 4. The van der Waals surface area contributed by atoms with Crippen molar-refractivity contribution < 1.29 is 52.3 Å². The predicted octanol–water partition coefficient (Wildman–Crippen LogP) is 1.62. The van der Waals surface area contributed by atoms with E-state index in [1.165, 1.54) is 27.7 Å². The molecule has 11 heteroatoms. The van der Waals surface area contributed by atoms with Crippen molar-refractivity contribution in [3.05, 3.63) is 12.3 Å². The van der Waals surface area contributed by atoms with Gasteiger partial charge in [0.25, 0.3) is 0 Å². The van der Waals surface area contributed by atoms with Crippen LogP contribution in [-0.2, 0) is 52.3 Å². The van der Waals surface area contributed by atoms with Crippen LogP contribution in [0.15, 0.2) is 12.3 Å². The maximum absolute atomic E-state index is 11.9. The third kappa shape index (κ3) is 6.26. The highest BCUT2D eigenvalue weighted by atomic mass is 16.8. The summed E-state index contributed by atoms with van der Waals surface area (Å²) < 4.78 is 39.3. The van der Waals surface area contributed by atoms with Crippen LogP contribution in [0.3, 0.4) is 0 Å². The van der Waals surface area contributed by atoms with Crippen molar-refractivity contribution >= 4 is 23.9 Å².